The third-order valence-electron chi connectivity index (χ3n) is 2.56. The van der Waals surface area contributed by atoms with Gasteiger partial charge in [0.1, 0.15) is 11.5 Å². The smallest absolute Gasteiger partial charge is 0.137 e. The van der Waals surface area contributed by atoms with E-state index in [4.69, 9.17) is 21.1 Å². The van der Waals surface area contributed by atoms with Crippen molar-refractivity contribution in [3.05, 3.63) is 59.6 Å². The number of para-hydroxylation sites is 2. The van der Waals surface area contributed by atoms with Gasteiger partial charge in [-0.2, -0.15) is 11.8 Å². The van der Waals surface area contributed by atoms with Crippen molar-refractivity contribution in [1.29, 1.82) is 0 Å². The first-order valence-corrected chi connectivity index (χ1v) is 8.02. The van der Waals surface area contributed by atoms with Gasteiger partial charge in [-0.1, -0.05) is 41.9 Å². The van der Waals surface area contributed by atoms with E-state index in [1.165, 1.54) is 0 Å². The van der Waals surface area contributed by atoms with E-state index in [0.717, 1.165) is 23.0 Å². The van der Waals surface area contributed by atoms with E-state index in [0.29, 0.717) is 18.2 Å². The number of ether oxygens (including phenoxy) is 2. The van der Waals surface area contributed by atoms with Crippen molar-refractivity contribution in [3.8, 4) is 11.5 Å². The summed E-state index contributed by atoms with van der Waals surface area (Å²) in [6.45, 7) is 1.36. The fourth-order valence-electron chi connectivity index (χ4n) is 1.61. The summed E-state index contributed by atoms with van der Waals surface area (Å²) in [6, 6.07) is 17.4. The van der Waals surface area contributed by atoms with E-state index < -0.39 is 0 Å². The van der Waals surface area contributed by atoms with Crippen molar-refractivity contribution in [2.45, 2.75) is 0 Å². The number of benzene rings is 2. The zero-order valence-electron chi connectivity index (χ0n) is 11.1. The van der Waals surface area contributed by atoms with Gasteiger partial charge in [0.15, 0.2) is 0 Å². The molecule has 0 unspecified atom stereocenters. The maximum Gasteiger partial charge on any atom is 0.137 e. The number of thioether (sulfide) groups is 1. The quantitative estimate of drug-likeness (QED) is 0.667. The average Bonchev–Trinajstić information content (AvgIpc) is 2.49. The number of rotatable bonds is 8. The molecule has 2 aromatic rings. The predicted octanol–water partition coefficient (Wildman–Crippen LogP) is 4.53. The Hall–Kier alpha value is -1.32. The van der Waals surface area contributed by atoms with Crippen LogP contribution in [-0.4, -0.2) is 24.7 Å². The first kappa shape index (κ1) is 15.1. The van der Waals surface area contributed by atoms with Crippen molar-refractivity contribution in [1.82, 2.24) is 0 Å². The van der Waals surface area contributed by atoms with Crippen molar-refractivity contribution in [3.63, 3.8) is 0 Å². The van der Waals surface area contributed by atoms with Gasteiger partial charge in [0.05, 0.1) is 18.2 Å². The summed E-state index contributed by atoms with van der Waals surface area (Å²) in [5.74, 6) is 3.53. The minimum absolute atomic E-state index is 0.653. The molecule has 0 saturated carbocycles. The normalized spacial score (nSPS) is 10.2. The summed E-state index contributed by atoms with van der Waals surface area (Å²) < 4.78 is 11.2. The van der Waals surface area contributed by atoms with Crippen LogP contribution >= 0.6 is 23.4 Å². The maximum absolute atomic E-state index is 6.00. The summed E-state index contributed by atoms with van der Waals surface area (Å²) in [5.41, 5.74) is 0. The van der Waals surface area contributed by atoms with Crippen LogP contribution in [0.4, 0.5) is 0 Å². The van der Waals surface area contributed by atoms with Crippen LogP contribution < -0.4 is 9.47 Å². The Bertz CT molecular complexity index is 505. The zero-order valence-corrected chi connectivity index (χ0v) is 12.7. The molecule has 2 rings (SSSR count). The molecule has 0 aromatic heterocycles. The first-order valence-electron chi connectivity index (χ1n) is 6.49. The highest BCUT2D eigenvalue weighted by Gasteiger charge is 1.99. The summed E-state index contributed by atoms with van der Waals surface area (Å²) in [6.07, 6.45) is 0. The van der Waals surface area contributed by atoms with Crippen LogP contribution in [0.5, 0.6) is 11.5 Å². The van der Waals surface area contributed by atoms with Gasteiger partial charge in [0, 0.05) is 11.5 Å². The lowest BCUT2D eigenvalue weighted by Crippen LogP contribution is -2.04. The Kier molecular flexibility index (Phi) is 6.61. The number of hydrogen-bond acceptors (Lipinski definition) is 3. The predicted molar refractivity (Wildman–Crippen MR) is 86.2 cm³/mol. The zero-order chi connectivity index (χ0) is 14.0. The van der Waals surface area contributed by atoms with E-state index in [9.17, 15) is 0 Å². The molecule has 0 saturated heterocycles. The Labute approximate surface area is 129 Å². The Morgan fingerprint density at radius 1 is 0.800 bits per heavy atom. The Morgan fingerprint density at radius 3 is 2.20 bits per heavy atom. The van der Waals surface area contributed by atoms with Gasteiger partial charge in [-0.3, -0.25) is 0 Å². The minimum atomic E-state index is 0.653. The molecule has 0 atom stereocenters. The second kappa shape index (κ2) is 8.77. The van der Waals surface area contributed by atoms with Crippen molar-refractivity contribution >= 4 is 23.4 Å². The topological polar surface area (TPSA) is 18.5 Å². The summed E-state index contributed by atoms with van der Waals surface area (Å²) in [7, 11) is 0. The van der Waals surface area contributed by atoms with Gasteiger partial charge in [-0.05, 0) is 24.3 Å². The van der Waals surface area contributed by atoms with E-state index in [2.05, 4.69) is 0 Å². The van der Waals surface area contributed by atoms with Crippen molar-refractivity contribution < 1.29 is 9.47 Å². The molecule has 0 aliphatic carbocycles. The molecule has 0 heterocycles. The van der Waals surface area contributed by atoms with Gasteiger partial charge >= 0.3 is 0 Å². The molecule has 2 aromatic carbocycles. The lowest BCUT2D eigenvalue weighted by molar-refractivity contribution is 0.339. The average molecular weight is 309 g/mol. The molecule has 0 fully saturated rings. The van der Waals surface area contributed by atoms with Gasteiger partial charge in [0.2, 0.25) is 0 Å². The van der Waals surface area contributed by atoms with E-state index >= 15 is 0 Å². The van der Waals surface area contributed by atoms with Crippen molar-refractivity contribution in [2.24, 2.45) is 0 Å². The van der Waals surface area contributed by atoms with Crippen LogP contribution in [0.1, 0.15) is 0 Å². The number of halogens is 1. The van der Waals surface area contributed by atoms with Gasteiger partial charge < -0.3 is 9.47 Å². The molecule has 106 valence electrons. The van der Waals surface area contributed by atoms with Gasteiger partial charge in [0.25, 0.3) is 0 Å². The highest BCUT2D eigenvalue weighted by Crippen LogP contribution is 2.23. The van der Waals surface area contributed by atoms with Crippen LogP contribution in [0.3, 0.4) is 0 Å². The summed E-state index contributed by atoms with van der Waals surface area (Å²) in [5, 5.41) is 0.657. The molecule has 0 amide bonds. The third kappa shape index (κ3) is 5.35. The van der Waals surface area contributed by atoms with Crippen LogP contribution in [0, 0.1) is 0 Å². The molecular weight excluding hydrogens is 292 g/mol. The van der Waals surface area contributed by atoms with Crippen LogP contribution in [0.25, 0.3) is 0 Å². The summed E-state index contributed by atoms with van der Waals surface area (Å²) in [4.78, 5) is 0. The molecule has 2 nitrogen and oxygen atoms in total. The van der Waals surface area contributed by atoms with E-state index in [-0.39, 0.29) is 0 Å². The van der Waals surface area contributed by atoms with E-state index in [1.807, 2.05) is 54.6 Å². The SMILES string of the molecule is Clc1ccccc1OCCSCCOc1ccccc1. The molecule has 4 heteroatoms. The van der Waals surface area contributed by atoms with Crippen molar-refractivity contribution in [2.75, 3.05) is 24.7 Å². The standard InChI is InChI=1S/C16H17ClO2S/c17-15-8-4-5-9-16(15)19-11-13-20-12-10-18-14-6-2-1-3-7-14/h1-9H,10-13H2. The second-order valence-corrected chi connectivity index (χ2v) is 5.68. The van der Waals surface area contributed by atoms with Crippen LogP contribution in [0.2, 0.25) is 5.02 Å². The molecule has 0 N–H and O–H groups in total. The number of hydrogen-bond donors (Lipinski definition) is 0. The van der Waals surface area contributed by atoms with E-state index in [1.54, 1.807) is 11.8 Å². The largest absolute Gasteiger partial charge is 0.493 e. The summed E-state index contributed by atoms with van der Waals surface area (Å²) >= 11 is 7.81. The first-order chi connectivity index (χ1) is 9.86. The Morgan fingerprint density at radius 2 is 1.45 bits per heavy atom. The third-order valence-corrected chi connectivity index (χ3v) is 3.78. The molecule has 0 aliphatic rings. The lowest BCUT2D eigenvalue weighted by atomic mass is 10.3. The van der Waals surface area contributed by atoms with Crippen LogP contribution in [-0.2, 0) is 0 Å². The van der Waals surface area contributed by atoms with Gasteiger partial charge in [-0.15, -0.1) is 0 Å². The Balaban J connectivity index is 1.53. The fourth-order valence-corrected chi connectivity index (χ4v) is 2.41. The highest BCUT2D eigenvalue weighted by molar-refractivity contribution is 7.99. The molecule has 0 bridgehead atoms. The minimum Gasteiger partial charge on any atom is -0.493 e. The molecule has 0 aliphatic heterocycles. The monoisotopic (exact) mass is 308 g/mol. The van der Waals surface area contributed by atoms with Gasteiger partial charge in [-0.25, -0.2) is 0 Å². The second-order valence-electron chi connectivity index (χ2n) is 4.05. The molecule has 0 spiro atoms. The lowest BCUT2D eigenvalue weighted by Gasteiger charge is -2.08. The highest BCUT2D eigenvalue weighted by atomic mass is 35.5. The maximum atomic E-state index is 6.00. The molecular formula is C16H17ClO2S. The fraction of sp³-hybridized carbons (Fsp3) is 0.250. The molecule has 0 radical (unpaired) electrons. The molecule has 20 heavy (non-hydrogen) atoms. The van der Waals surface area contributed by atoms with Crippen LogP contribution in [0.15, 0.2) is 54.6 Å².